The molecule has 0 spiro atoms. The Labute approximate surface area is 143 Å². The van der Waals surface area contributed by atoms with Crippen molar-refractivity contribution in [3.05, 3.63) is 54.1 Å². The highest BCUT2D eigenvalue weighted by molar-refractivity contribution is 5.71. The summed E-state index contributed by atoms with van der Waals surface area (Å²) in [6, 6.07) is 16.2. The fraction of sp³-hybridized carbons (Fsp3) is 0.381. The van der Waals surface area contributed by atoms with Crippen molar-refractivity contribution >= 4 is 5.97 Å². The Morgan fingerprint density at radius 3 is 2.12 bits per heavy atom. The van der Waals surface area contributed by atoms with Crippen LogP contribution in [0.25, 0.3) is 11.1 Å². The van der Waals surface area contributed by atoms with Crippen LogP contribution in [0.15, 0.2) is 48.5 Å². The first-order valence-electron chi connectivity index (χ1n) is 8.70. The molecule has 0 N–H and O–H groups in total. The monoisotopic (exact) mass is 324 g/mol. The van der Waals surface area contributed by atoms with Gasteiger partial charge < -0.3 is 9.47 Å². The van der Waals surface area contributed by atoms with Gasteiger partial charge in [0, 0.05) is 0 Å². The molecule has 2 aromatic carbocycles. The number of ether oxygens (including phenoxy) is 2. The zero-order chi connectivity index (χ0) is 16.8. The molecule has 2 aromatic rings. The maximum absolute atomic E-state index is 11.9. The summed E-state index contributed by atoms with van der Waals surface area (Å²) in [6.45, 7) is 2.05. The van der Waals surface area contributed by atoms with E-state index in [4.69, 9.17) is 9.47 Å². The van der Waals surface area contributed by atoms with Crippen LogP contribution in [0.1, 0.15) is 37.7 Å². The molecule has 0 bridgehead atoms. The minimum absolute atomic E-state index is 0.0274. The molecule has 1 aliphatic rings. The third kappa shape index (κ3) is 4.60. The Bertz CT molecular complexity index is 652. The first-order chi connectivity index (χ1) is 11.7. The zero-order valence-corrected chi connectivity index (χ0v) is 14.2. The SMILES string of the molecule is Cc1ccc(-c2ccc(OCC(=O)OC3CCCCC3)cc2)cc1. The van der Waals surface area contributed by atoms with Gasteiger partial charge >= 0.3 is 5.97 Å². The van der Waals surface area contributed by atoms with E-state index in [0.717, 1.165) is 31.2 Å². The van der Waals surface area contributed by atoms with Crippen LogP contribution in [0.2, 0.25) is 0 Å². The van der Waals surface area contributed by atoms with Gasteiger partial charge in [-0.15, -0.1) is 0 Å². The lowest BCUT2D eigenvalue weighted by Crippen LogP contribution is -2.24. The summed E-state index contributed by atoms with van der Waals surface area (Å²) in [5.74, 6) is 0.413. The van der Waals surface area contributed by atoms with Gasteiger partial charge in [0.05, 0.1) is 0 Å². The van der Waals surface area contributed by atoms with E-state index in [1.807, 2.05) is 24.3 Å². The third-order valence-corrected chi connectivity index (χ3v) is 4.45. The lowest BCUT2D eigenvalue weighted by Gasteiger charge is -2.21. The van der Waals surface area contributed by atoms with Gasteiger partial charge in [0.25, 0.3) is 0 Å². The van der Waals surface area contributed by atoms with Crippen molar-refractivity contribution in [1.29, 1.82) is 0 Å². The number of carbonyl (C=O) groups is 1. The Morgan fingerprint density at radius 1 is 0.917 bits per heavy atom. The van der Waals surface area contributed by atoms with E-state index in [-0.39, 0.29) is 18.7 Å². The molecule has 1 saturated carbocycles. The molecule has 0 amide bonds. The summed E-state index contributed by atoms with van der Waals surface area (Å²) in [7, 11) is 0. The van der Waals surface area contributed by atoms with Crippen LogP contribution in [0.4, 0.5) is 0 Å². The molecule has 3 heteroatoms. The molecule has 0 atom stereocenters. The van der Waals surface area contributed by atoms with E-state index in [1.165, 1.54) is 17.5 Å². The number of hydrogen-bond donors (Lipinski definition) is 0. The molecular formula is C21H24O3. The van der Waals surface area contributed by atoms with Crippen molar-refractivity contribution in [2.24, 2.45) is 0 Å². The van der Waals surface area contributed by atoms with Crippen molar-refractivity contribution in [2.45, 2.75) is 45.1 Å². The number of carbonyl (C=O) groups excluding carboxylic acids is 1. The number of benzene rings is 2. The molecule has 3 nitrogen and oxygen atoms in total. The van der Waals surface area contributed by atoms with E-state index in [2.05, 4.69) is 31.2 Å². The summed E-state index contributed by atoms with van der Waals surface area (Å²) in [6.07, 6.45) is 5.60. The predicted octanol–water partition coefficient (Wildman–Crippen LogP) is 4.92. The second-order valence-electron chi connectivity index (χ2n) is 6.43. The van der Waals surface area contributed by atoms with Crippen LogP contribution in [0.5, 0.6) is 5.75 Å². The largest absolute Gasteiger partial charge is 0.482 e. The average Bonchev–Trinajstić information content (AvgIpc) is 2.62. The molecular weight excluding hydrogens is 300 g/mol. The highest BCUT2D eigenvalue weighted by Gasteiger charge is 2.17. The smallest absolute Gasteiger partial charge is 0.344 e. The quantitative estimate of drug-likeness (QED) is 0.733. The van der Waals surface area contributed by atoms with Crippen molar-refractivity contribution in [3.8, 4) is 16.9 Å². The van der Waals surface area contributed by atoms with Gasteiger partial charge in [-0.25, -0.2) is 4.79 Å². The van der Waals surface area contributed by atoms with Gasteiger partial charge in [-0.2, -0.15) is 0 Å². The number of rotatable bonds is 5. The molecule has 0 unspecified atom stereocenters. The molecule has 3 rings (SSSR count). The molecule has 0 aliphatic heterocycles. The van der Waals surface area contributed by atoms with Crippen LogP contribution < -0.4 is 4.74 Å². The highest BCUT2D eigenvalue weighted by atomic mass is 16.6. The summed E-state index contributed by atoms with van der Waals surface area (Å²) in [4.78, 5) is 11.9. The van der Waals surface area contributed by atoms with E-state index < -0.39 is 0 Å². The van der Waals surface area contributed by atoms with Crippen molar-refractivity contribution in [1.82, 2.24) is 0 Å². The fourth-order valence-corrected chi connectivity index (χ4v) is 3.03. The zero-order valence-electron chi connectivity index (χ0n) is 14.2. The normalized spacial score (nSPS) is 15.0. The average molecular weight is 324 g/mol. The van der Waals surface area contributed by atoms with E-state index in [0.29, 0.717) is 5.75 Å². The molecule has 1 fully saturated rings. The lowest BCUT2D eigenvalue weighted by atomic mass is 9.98. The first kappa shape index (κ1) is 16.6. The Kier molecular flexibility index (Phi) is 5.52. The second kappa shape index (κ2) is 8.00. The standard InChI is InChI=1S/C21H24O3/c1-16-7-9-17(10-8-16)18-11-13-19(14-12-18)23-15-21(22)24-20-5-3-2-4-6-20/h7-14,20H,2-6,15H2,1H3. The molecule has 0 heterocycles. The van der Waals surface area contributed by atoms with Crippen molar-refractivity contribution in [3.63, 3.8) is 0 Å². The molecule has 24 heavy (non-hydrogen) atoms. The minimum Gasteiger partial charge on any atom is -0.482 e. The Morgan fingerprint density at radius 2 is 1.50 bits per heavy atom. The maximum Gasteiger partial charge on any atom is 0.344 e. The van der Waals surface area contributed by atoms with Crippen molar-refractivity contribution < 1.29 is 14.3 Å². The summed E-state index contributed by atoms with van der Waals surface area (Å²) >= 11 is 0. The highest BCUT2D eigenvalue weighted by Crippen LogP contribution is 2.23. The van der Waals surface area contributed by atoms with E-state index in [1.54, 1.807) is 0 Å². The molecule has 0 aromatic heterocycles. The number of hydrogen-bond acceptors (Lipinski definition) is 3. The summed E-state index contributed by atoms with van der Waals surface area (Å²) in [5.41, 5.74) is 3.55. The molecule has 0 saturated heterocycles. The molecule has 126 valence electrons. The van der Waals surface area contributed by atoms with Crippen LogP contribution in [-0.4, -0.2) is 18.7 Å². The van der Waals surface area contributed by atoms with Crippen LogP contribution >= 0.6 is 0 Å². The van der Waals surface area contributed by atoms with Crippen LogP contribution in [0.3, 0.4) is 0 Å². The third-order valence-electron chi connectivity index (χ3n) is 4.45. The van der Waals surface area contributed by atoms with E-state index in [9.17, 15) is 4.79 Å². The number of aryl methyl sites for hydroxylation is 1. The topological polar surface area (TPSA) is 35.5 Å². The lowest BCUT2D eigenvalue weighted by molar-refractivity contribution is -0.152. The Hall–Kier alpha value is -2.29. The minimum atomic E-state index is -0.274. The van der Waals surface area contributed by atoms with Gasteiger partial charge in [0.2, 0.25) is 0 Å². The first-order valence-corrected chi connectivity index (χ1v) is 8.70. The van der Waals surface area contributed by atoms with Crippen molar-refractivity contribution in [2.75, 3.05) is 6.61 Å². The van der Waals surface area contributed by atoms with Gasteiger partial charge in [0.15, 0.2) is 6.61 Å². The maximum atomic E-state index is 11.9. The number of esters is 1. The summed E-state index contributed by atoms with van der Waals surface area (Å²) < 4.78 is 11.0. The van der Waals surface area contributed by atoms with Gasteiger partial charge in [-0.05, 0) is 55.9 Å². The fourth-order valence-electron chi connectivity index (χ4n) is 3.03. The molecule has 1 aliphatic carbocycles. The van der Waals surface area contributed by atoms with Crippen LogP contribution in [0, 0.1) is 6.92 Å². The van der Waals surface area contributed by atoms with Gasteiger partial charge in [-0.1, -0.05) is 48.4 Å². The Balaban J connectivity index is 1.50. The molecule has 0 radical (unpaired) electrons. The van der Waals surface area contributed by atoms with E-state index >= 15 is 0 Å². The summed E-state index contributed by atoms with van der Waals surface area (Å²) in [5, 5.41) is 0. The predicted molar refractivity (Wildman–Crippen MR) is 95.1 cm³/mol. The van der Waals surface area contributed by atoms with Gasteiger partial charge in [-0.3, -0.25) is 0 Å². The van der Waals surface area contributed by atoms with Crippen LogP contribution in [-0.2, 0) is 9.53 Å². The second-order valence-corrected chi connectivity index (χ2v) is 6.43. The van der Waals surface area contributed by atoms with Gasteiger partial charge in [0.1, 0.15) is 11.9 Å².